The molecule has 2 unspecified atom stereocenters. The molecule has 110 valence electrons. The molecule has 1 saturated heterocycles. The van der Waals surface area contributed by atoms with Crippen LogP contribution >= 0.6 is 0 Å². The van der Waals surface area contributed by atoms with Gasteiger partial charge in [-0.1, -0.05) is 24.3 Å². The molecule has 0 aromatic heterocycles. The maximum atomic E-state index is 12.3. The smallest absolute Gasteiger partial charge is 0.237 e. The molecule has 2 rings (SSSR count). The van der Waals surface area contributed by atoms with Crippen molar-refractivity contribution in [3.05, 3.63) is 35.4 Å². The van der Waals surface area contributed by atoms with Gasteiger partial charge in [-0.2, -0.15) is 0 Å². The van der Waals surface area contributed by atoms with Gasteiger partial charge in [0.2, 0.25) is 5.91 Å². The van der Waals surface area contributed by atoms with Crippen molar-refractivity contribution in [2.75, 3.05) is 13.2 Å². The van der Waals surface area contributed by atoms with Crippen LogP contribution in [0.4, 0.5) is 0 Å². The van der Waals surface area contributed by atoms with Crippen molar-refractivity contribution in [1.29, 1.82) is 0 Å². The van der Waals surface area contributed by atoms with E-state index in [1.54, 1.807) is 0 Å². The van der Waals surface area contributed by atoms with E-state index in [9.17, 15) is 4.79 Å². The molecule has 4 heteroatoms. The summed E-state index contributed by atoms with van der Waals surface area (Å²) in [4.78, 5) is 12.3. The number of nitrogens with two attached hydrogens (primary N) is 1. The molecule has 1 heterocycles. The molecular weight excluding hydrogens is 252 g/mol. The molecule has 1 aliphatic heterocycles. The van der Waals surface area contributed by atoms with Gasteiger partial charge >= 0.3 is 0 Å². The summed E-state index contributed by atoms with van der Waals surface area (Å²) in [6.07, 6.45) is 1.74. The summed E-state index contributed by atoms with van der Waals surface area (Å²) in [5, 5.41) is 3.03. The molecule has 20 heavy (non-hydrogen) atoms. The van der Waals surface area contributed by atoms with Crippen LogP contribution in [-0.4, -0.2) is 25.2 Å². The van der Waals surface area contributed by atoms with Gasteiger partial charge in [-0.3, -0.25) is 4.79 Å². The summed E-state index contributed by atoms with van der Waals surface area (Å²) >= 11 is 0. The minimum atomic E-state index is -0.439. The standard InChI is InChI=1S/C16H24N2O2/c1-11-5-3-4-6-14(11)12(2)18-16(19)15(17)13-7-9-20-10-8-13/h3-6,12-13,15H,7-10,17H2,1-2H3,(H,18,19). The second kappa shape index (κ2) is 6.86. The third kappa shape index (κ3) is 3.58. The van der Waals surface area contributed by atoms with Crippen LogP contribution in [0.3, 0.4) is 0 Å². The number of carbonyl (C=O) groups excluding carboxylic acids is 1. The Morgan fingerprint density at radius 1 is 1.35 bits per heavy atom. The third-order valence-electron chi connectivity index (χ3n) is 4.09. The monoisotopic (exact) mass is 276 g/mol. The van der Waals surface area contributed by atoms with Crippen molar-refractivity contribution in [3.63, 3.8) is 0 Å². The van der Waals surface area contributed by atoms with Gasteiger partial charge in [0, 0.05) is 13.2 Å². The van der Waals surface area contributed by atoms with Crippen LogP contribution in [0.1, 0.15) is 36.9 Å². The van der Waals surface area contributed by atoms with E-state index in [2.05, 4.69) is 18.3 Å². The number of hydrogen-bond acceptors (Lipinski definition) is 3. The largest absolute Gasteiger partial charge is 0.381 e. The van der Waals surface area contributed by atoms with Crippen molar-refractivity contribution in [2.45, 2.75) is 38.8 Å². The normalized spacial score (nSPS) is 19.4. The third-order valence-corrected chi connectivity index (χ3v) is 4.09. The van der Waals surface area contributed by atoms with E-state index in [-0.39, 0.29) is 17.9 Å². The van der Waals surface area contributed by atoms with Crippen molar-refractivity contribution < 1.29 is 9.53 Å². The number of aryl methyl sites for hydroxylation is 1. The van der Waals surface area contributed by atoms with Crippen LogP contribution in [0.5, 0.6) is 0 Å². The van der Waals surface area contributed by atoms with Crippen LogP contribution < -0.4 is 11.1 Å². The highest BCUT2D eigenvalue weighted by Crippen LogP contribution is 2.20. The summed E-state index contributed by atoms with van der Waals surface area (Å²) < 4.78 is 5.31. The summed E-state index contributed by atoms with van der Waals surface area (Å²) in [6.45, 7) is 5.46. The molecule has 1 aromatic rings. The van der Waals surface area contributed by atoms with Gasteiger partial charge in [0.1, 0.15) is 0 Å². The van der Waals surface area contributed by atoms with Gasteiger partial charge in [-0.25, -0.2) is 0 Å². The highest BCUT2D eigenvalue weighted by molar-refractivity contribution is 5.82. The molecule has 2 atom stereocenters. The van der Waals surface area contributed by atoms with Gasteiger partial charge in [-0.15, -0.1) is 0 Å². The van der Waals surface area contributed by atoms with Crippen molar-refractivity contribution >= 4 is 5.91 Å². The predicted molar refractivity (Wildman–Crippen MR) is 79.3 cm³/mol. The lowest BCUT2D eigenvalue weighted by atomic mass is 9.91. The Balaban J connectivity index is 1.95. The molecule has 1 amide bonds. The zero-order valence-corrected chi connectivity index (χ0v) is 12.3. The lowest BCUT2D eigenvalue weighted by Gasteiger charge is -2.28. The van der Waals surface area contributed by atoms with E-state index in [0.717, 1.165) is 18.4 Å². The number of nitrogens with one attached hydrogen (secondary N) is 1. The van der Waals surface area contributed by atoms with Gasteiger partial charge in [-0.05, 0) is 43.7 Å². The fourth-order valence-electron chi connectivity index (χ4n) is 2.75. The van der Waals surface area contributed by atoms with E-state index in [1.165, 1.54) is 5.56 Å². The first-order valence-corrected chi connectivity index (χ1v) is 7.29. The zero-order valence-electron chi connectivity index (χ0n) is 12.3. The Kier molecular flexibility index (Phi) is 5.15. The molecule has 0 radical (unpaired) electrons. The lowest BCUT2D eigenvalue weighted by molar-refractivity contribution is -0.125. The SMILES string of the molecule is Cc1ccccc1C(C)NC(=O)C(N)C1CCOCC1. The summed E-state index contributed by atoms with van der Waals surface area (Å²) in [6, 6.07) is 7.63. The fourth-order valence-corrected chi connectivity index (χ4v) is 2.75. The van der Waals surface area contributed by atoms with Crippen molar-refractivity contribution in [3.8, 4) is 0 Å². The minimum absolute atomic E-state index is 0.0189. The average molecular weight is 276 g/mol. The van der Waals surface area contributed by atoms with Crippen LogP contribution in [-0.2, 0) is 9.53 Å². The lowest BCUT2D eigenvalue weighted by Crippen LogP contribution is -2.47. The molecular formula is C16H24N2O2. The van der Waals surface area contributed by atoms with Gasteiger partial charge in [0.05, 0.1) is 12.1 Å². The van der Waals surface area contributed by atoms with Gasteiger partial charge < -0.3 is 15.8 Å². The number of benzene rings is 1. The van der Waals surface area contributed by atoms with Crippen LogP contribution in [0.2, 0.25) is 0 Å². The average Bonchev–Trinajstić information content (AvgIpc) is 2.47. The second-order valence-electron chi connectivity index (χ2n) is 5.56. The first-order chi connectivity index (χ1) is 9.59. The number of rotatable bonds is 4. The topological polar surface area (TPSA) is 64.4 Å². The predicted octanol–water partition coefficient (Wildman–Crippen LogP) is 1.93. The van der Waals surface area contributed by atoms with E-state index in [0.29, 0.717) is 13.2 Å². The molecule has 1 fully saturated rings. The van der Waals surface area contributed by atoms with Crippen molar-refractivity contribution in [1.82, 2.24) is 5.32 Å². The van der Waals surface area contributed by atoms with E-state index in [1.807, 2.05) is 25.1 Å². The summed E-state index contributed by atoms with van der Waals surface area (Å²) in [5.74, 6) is 0.167. The molecule has 4 nitrogen and oxygen atoms in total. The first-order valence-electron chi connectivity index (χ1n) is 7.29. The van der Waals surface area contributed by atoms with Crippen LogP contribution in [0.25, 0.3) is 0 Å². The minimum Gasteiger partial charge on any atom is -0.381 e. The Bertz CT molecular complexity index is 456. The maximum Gasteiger partial charge on any atom is 0.237 e. The van der Waals surface area contributed by atoms with Crippen LogP contribution in [0.15, 0.2) is 24.3 Å². The van der Waals surface area contributed by atoms with Crippen molar-refractivity contribution in [2.24, 2.45) is 11.7 Å². The summed E-state index contributed by atoms with van der Waals surface area (Å²) in [5.41, 5.74) is 8.41. The van der Waals surface area contributed by atoms with E-state index < -0.39 is 6.04 Å². The zero-order chi connectivity index (χ0) is 14.5. The molecule has 0 aliphatic carbocycles. The fraction of sp³-hybridized carbons (Fsp3) is 0.562. The maximum absolute atomic E-state index is 12.3. The second-order valence-corrected chi connectivity index (χ2v) is 5.56. The van der Waals surface area contributed by atoms with Crippen LogP contribution in [0, 0.1) is 12.8 Å². The quantitative estimate of drug-likeness (QED) is 0.883. The number of ether oxygens (including phenoxy) is 1. The summed E-state index contributed by atoms with van der Waals surface area (Å²) in [7, 11) is 0. The number of amides is 1. The number of hydrogen-bond donors (Lipinski definition) is 2. The highest BCUT2D eigenvalue weighted by Gasteiger charge is 2.27. The molecule has 0 spiro atoms. The van der Waals surface area contributed by atoms with Gasteiger partial charge in [0.25, 0.3) is 0 Å². The molecule has 0 saturated carbocycles. The number of carbonyl (C=O) groups is 1. The first kappa shape index (κ1) is 15.0. The highest BCUT2D eigenvalue weighted by atomic mass is 16.5. The molecule has 3 N–H and O–H groups in total. The Hall–Kier alpha value is -1.39. The molecule has 0 bridgehead atoms. The molecule has 1 aromatic carbocycles. The van der Waals surface area contributed by atoms with E-state index in [4.69, 9.17) is 10.5 Å². The Labute approximate surface area is 120 Å². The van der Waals surface area contributed by atoms with Gasteiger partial charge in [0.15, 0.2) is 0 Å². The Morgan fingerprint density at radius 2 is 2.00 bits per heavy atom. The molecule has 1 aliphatic rings. The Morgan fingerprint density at radius 3 is 2.65 bits per heavy atom. The van der Waals surface area contributed by atoms with E-state index >= 15 is 0 Å².